The maximum atomic E-state index is 13.9. The predicted molar refractivity (Wildman–Crippen MR) is 194 cm³/mol. The van der Waals surface area contributed by atoms with Gasteiger partial charge in [-0.2, -0.15) is 0 Å². The molecule has 2 fully saturated rings. The molecule has 0 aromatic carbocycles. The van der Waals surface area contributed by atoms with Gasteiger partial charge in [-0.3, -0.25) is 23.6 Å². The first-order valence-electron chi connectivity index (χ1n) is 17.0. The minimum Gasteiger partial charge on any atom is -0.457 e. The lowest BCUT2D eigenvalue weighted by atomic mass is 10.0. The van der Waals surface area contributed by atoms with Crippen LogP contribution in [0.2, 0.25) is 0 Å². The molecule has 0 bridgehead atoms. The second kappa shape index (κ2) is 14.5. The number of carbonyl (C=O) groups excluding carboxylic acids is 4. The van der Waals surface area contributed by atoms with Gasteiger partial charge in [-0.1, -0.05) is 10.4 Å². The molecule has 2 radical (unpaired) electrons. The van der Waals surface area contributed by atoms with Gasteiger partial charge in [0.15, 0.2) is 5.71 Å². The van der Waals surface area contributed by atoms with E-state index in [9.17, 15) is 23.4 Å². The first kappa shape index (κ1) is 40.0. The van der Waals surface area contributed by atoms with E-state index in [0.717, 1.165) is 4.71 Å². The largest absolute Gasteiger partial charge is 0.457 e. The fraction of sp³-hybridized carbons (Fsp3) is 0.656. The van der Waals surface area contributed by atoms with Crippen LogP contribution < -0.4 is 5.32 Å². The molecule has 1 N–H and O–H groups in total. The van der Waals surface area contributed by atoms with Crippen molar-refractivity contribution in [3.8, 4) is 0 Å². The summed E-state index contributed by atoms with van der Waals surface area (Å²) in [4.78, 5) is 66.2. The highest BCUT2D eigenvalue weighted by Gasteiger charge is 2.57. The van der Waals surface area contributed by atoms with Crippen LogP contribution in [0.25, 0.3) is 5.70 Å². The first-order valence-corrected chi connectivity index (χ1v) is 19.3. The summed E-state index contributed by atoms with van der Waals surface area (Å²) < 4.78 is 26.2. The fourth-order valence-corrected chi connectivity index (χ4v) is 8.14. The standard InChI is InChI=1S/C32H45BN10O8S2/c1-18-34-20(16-52-18)21(38-51-32(8,9)28(46)49-30(2,3)4)25(44)35-22-26(45)41-23(24-36-39-42(33)37-24)19(17-53(48)27(22)41)15-43(10)13-11-40(12-14-43)29(47)50-31(5,6)7/h16,22,27H,11-15,17H2,1-10H3/p+1/b38-21-/t22-,27-,53?/m1/s1. The number of quaternary nitrogens is 1. The zero-order valence-electron chi connectivity index (χ0n) is 31.7. The quantitative estimate of drug-likeness (QED) is 0.0938. The van der Waals surface area contributed by atoms with E-state index < -0.39 is 56.8 Å². The third kappa shape index (κ3) is 9.11. The Balaban J connectivity index is 1.38. The number of tetrazole rings is 1. The van der Waals surface area contributed by atoms with Crippen molar-refractivity contribution in [3.63, 3.8) is 0 Å². The Morgan fingerprint density at radius 2 is 1.74 bits per heavy atom. The summed E-state index contributed by atoms with van der Waals surface area (Å²) in [5, 5.41) is 20.0. The molecule has 2 aromatic rings. The molecular formula is C32H46BN10O8S2+. The molecule has 18 nitrogen and oxygen atoms in total. The monoisotopic (exact) mass is 773 g/mol. The van der Waals surface area contributed by atoms with E-state index in [0.29, 0.717) is 53.5 Å². The van der Waals surface area contributed by atoms with Crippen molar-refractivity contribution in [1.82, 2.24) is 40.2 Å². The van der Waals surface area contributed by atoms with Crippen LogP contribution in [0.15, 0.2) is 16.1 Å². The molecule has 3 amide bonds. The number of aryl methyl sites for hydroxylation is 1. The minimum absolute atomic E-state index is 0.0539. The number of amides is 3. The second-order valence-electron chi connectivity index (χ2n) is 15.9. The van der Waals surface area contributed by atoms with Crippen LogP contribution in [-0.4, -0.2) is 155 Å². The van der Waals surface area contributed by atoms with Gasteiger partial charge in [-0.15, -0.1) is 21.5 Å². The molecule has 2 aromatic heterocycles. The highest BCUT2D eigenvalue weighted by Crippen LogP contribution is 2.39. The van der Waals surface area contributed by atoms with Crippen molar-refractivity contribution >= 4 is 65.4 Å². The predicted octanol–water partition coefficient (Wildman–Crippen LogP) is 0.735. The minimum atomic E-state index is -1.67. The van der Waals surface area contributed by atoms with Crippen LogP contribution in [0.1, 0.15) is 71.9 Å². The van der Waals surface area contributed by atoms with E-state index in [1.165, 1.54) is 30.1 Å². The van der Waals surface area contributed by atoms with Gasteiger partial charge in [0.1, 0.15) is 34.9 Å². The van der Waals surface area contributed by atoms with Gasteiger partial charge < -0.3 is 24.1 Å². The molecule has 21 heteroatoms. The number of aromatic nitrogens is 5. The number of likely N-dealkylation sites (N-methyl/N-ethyl adjacent to an activating group) is 1. The molecule has 286 valence electrons. The van der Waals surface area contributed by atoms with E-state index in [1.54, 1.807) is 38.0 Å². The molecule has 0 spiro atoms. The first-order chi connectivity index (χ1) is 24.5. The van der Waals surface area contributed by atoms with Gasteiger partial charge >= 0.3 is 12.1 Å². The summed E-state index contributed by atoms with van der Waals surface area (Å²) in [7, 11) is 6.11. The number of fused-ring (bicyclic) bond motifs is 1. The summed E-state index contributed by atoms with van der Waals surface area (Å²) in [5.41, 5.74) is -2.15. The smallest absolute Gasteiger partial charge is 0.410 e. The molecule has 0 aliphatic carbocycles. The molecular weight excluding hydrogens is 727 g/mol. The number of β-lactam (4-membered cyclic amide) rings is 1. The number of hydrogen-bond donors (Lipinski definition) is 1. The summed E-state index contributed by atoms with van der Waals surface area (Å²) in [6.45, 7) is 17.6. The average molecular weight is 774 g/mol. The third-order valence-corrected chi connectivity index (χ3v) is 10.9. The summed E-state index contributed by atoms with van der Waals surface area (Å²) in [6.07, 6.45) is -0.385. The summed E-state index contributed by atoms with van der Waals surface area (Å²) in [5.74, 6) is -1.96. The molecule has 1 unspecified atom stereocenters. The van der Waals surface area contributed by atoms with Crippen LogP contribution in [0.5, 0.6) is 0 Å². The number of esters is 1. The Labute approximate surface area is 315 Å². The Bertz CT molecular complexity index is 1870. The van der Waals surface area contributed by atoms with E-state index >= 15 is 0 Å². The number of ether oxygens (including phenoxy) is 2. The van der Waals surface area contributed by atoms with E-state index in [2.05, 4.69) is 30.9 Å². The zero-order chi connectivity index (χ0) is 39.3. The topological polar surface area (TPSA) is 200 Å². The van der Waals surface area contributed by atoms with Crippen molar-refractivity contribution in [2.24, 2.45) is 5.16 Å². The lowest BCUT2D eigenvalue weighted by molar-refractivity contribution is -0.908. The molecule has 2 saturated heterocycles. The molecule has 5 heterocycles. The zero-order valence-corrected chi connectivity index (χ0v) is 33.3. The fourth-order valence-electron chi connectivity index (χ4n) is 5.87. The number of hydrogen-bond acceptors (Lipinski definition) is 14. The molecule has 5 rings (SSSR count). The number of nitrogens with zero attached hydrogens (tertiary/aromatic N) is 9. The maximum absolute atomic E-state index is 13.9. The van der Waals surface area contributed by atoms with Gasteiger partial charge in [0.25, 0.3) is 19.8 Å². The highest BCUT2D eigenvalue weighted by atomic mass is 32.2. The van der Waals surface area contributed by atoms with Crippen molar-refractivity contribution in [1.29, 1.82) is 0 Å². The Hall–Kier alpha value is -4.24. The average Bonchev–Trinajstić information content (AvgIpc) is 3.65. The van der Waals surface area contributed by atoms with Crippen LogP contribution in [0.4, 0.5) is 4.79 Å². The van der Waals surface area contributed by atoms with Crippen molar-refractivity contribution in [2.45, 2.75) is 90.5 Å². The number of thiazole rings is 1. The van der Waals surface area contributed by atoms with Crippen LogP contribution in [0, 0.1) is 6.92 Å². The molecule has 3 aliphatic heterocycles. The van der Waals surface area contributed by atoms with E-state index in [4.69, 9.17) is 22.3 Å². The Morgan fingerprint density at radius 3 is 2.28 bits per heavy atom. The number of nitrogens with one attached hydrogen (secondary N) is 1. The van der Waals surface area contributed by atoms with Crippen LogP contribution in [-0.2, 0) is 39.5 Å². The molecule has 53 heavy (non-hydrogen) atoms. The Morgan fingerprint density at radius 1 is 1.09 bits per heavy atom. The second-order valence-corrected chi connectivity index (χ2v) is 18.5. The van der Waals surface area contributed by atoms with Crippen LogP contribution >= 0.6 is 11.3 Å². The van der Waals surface area contributed by atoms with Crippen molar-refractivity contribution in [2.75, 3.05) is 45.5 Å². The maximum Gasteiger partial charge on any atom is 0.410 e. The normalized spacial score (nSPS) is 22.2. The van der Waals surface area contributed by atoms with Gasteiger partial charge in [-0.25, -0.2) is 19.3 Å². The van der Waals surface area contributed by atoms with Crippen LogP contribution in [0.3, 0.4) is 0 Å². The number of piperazine rings is 1. The van der Waals surface area contributed by atoms with Crippen molar-refractivity contribution in [3.05, 3.63) is 27.5 Å². The number of rotatable bonds is 9. The van der Waals surface area contributed by atoms with Gasteiger partial charge in [-0.05, 0) is 62.3 Å². The SMILES string of the molecule is [B]n1nnc(C2=C(C[N+]3(C)CCN(C(=O)OC(C)(C)C)CC3)CS(=O)[C@@H]3[C@H](NC(=O)/C(=N\OC(C)(C)C(=O)OC(C)(C)C)c4csc(C)n4)C(=O)N23)n1. The number of carbonyl (C=O) groups is 4. The van der Waals surface area contributed by atoms with E-state index in [1.807, 2.05) is 27.8 Å². The van der Waals surface area contributed by atoms with Gasteiger partial charge in [0.2, 0.25) is 11.4 Å². The third-order valence-electron chi connectivity index (χ3n) is 8.51. The molecule has 0 saturated carbocycles. The molecule has 3 aliphatic rings. The lowest BCUT2D eigenvalue weighted by Gasteiger charge is -2.50. The van der Waals surface area contributed by atoms with Crippen molar-refractivity contribution < 1.29 is 42.2 Å². The summed E-state index contributed by atoms with van der Waals surface area (Å²) >= 11 is 1.26. The Kier molecular flexibility index (Phi) is 11.0. The van der Waals surface area contributed by atoms with Gasteiger partial charge in [0.05, 0.1) is 60.5 Å². The number of oxime groups is 1. The van der Waals surface area contributed by atoms with E-state index in [-0.39, 0.29) is 29.1 Å². The van der Waals surface area contributed by atoms with Gasteiger partial charge in [0, 0.05) is 11.0 Å². The highest BCUT2D eigenvalue weighted by molar-refractivity contribution is 7.86. The molecule has 3 atom stereocenters. The lowest BCUT2D eigenvalue weighted by Crippen LogP contribution is -2.73. The summed E-state index contributed by atoms with van der Waals surface area (Å²) in [6, 6.07) is -1.21.